The Balaban J connectivity index is 2.54. The molecule has 1 heterocycles. The second-order valence-electron chi connectivity index (χ2n) is 6.66. The van der Waals surface area contributed by atoms with Gasteiger partial charge in [0.2, 0.25) is 0 Å². The maximum absolute atomic E-state index is 2.42. The highest BCUT2D eigenvalue weighted by Crippen LogP contribution is 2.36. The van der Waals surface area contributed by atoms with Crippen LogP contribution in [0.4, 0.5) is 0 Å². The lowest BCUT2D eigenvalue weighted by molar-refractivity contribution is -0.935. The van der Waals surface area contributed by atoms with Crippen LogP contribution in [0.3, 0.4) is 0 Å². The molecule has 14 heavy (non-hydrogen) atoms. The molecule has 0 unspecified atom stereocenters. The molecule has 0 atom stereocenters. The van der Waals surface area contributed by atoms with Crippen LogP contribution in [0.15, 0.2) is 0 Å². The van der Waals surface area contributed by atoms with Crippen LogP contribution >= 0.6 is 0 Å². The summed E-state index contributed by atoms with van der Waals surface area (Å²) in [5.74, 6) is 0.937. The summed E-state index contributed by atoms with van der Waals surface area (Å²) in [4.78, 5) is 0. The SMILES string of the molecule is CC(C)[N+]1(C)CCC(C(C)(C)C)CC1. The van der Waals surface area contributed by atoms with Gasteiger partial charge in [-0.25, -0.2) is 0 Å². The molecule has 0 aliphatic carbocycles. The topological polar surface area (TPSA) is 0 Å². The van der Waals surface area contributed by atoms with Crippen LogP contribution in [0, 0.1) is 11.3 Å². The molecule has 1 rings (SSSR count). The van der Waals surface area contributed by atoms with Gasteiger partial charge in [0.05, 0.1) is 26.2 Å². The summed E-state index contributed by atoms with van der Waals surface area (Å²) in [7, 11) is 2.42. The van der Waals surface area contributed by atoms with E-state index in [1.54, 1.807) is 0 Å². The third kappa shape index (κ3) is 2.50. The number of rotatable bonds is 1. The first-order chi connectivity index (χ1) is 6.26. The van der Waals surface area contributed by atoms with Crippen molar-refractivity contribution in [2.45, 2.75) is 53.5 Å². The van der Waals surface area contributed by atoms with Gasteiger partial charge in [-0.2, -0.15) is 0 Å². The standard InChI is InChI=1S/C13H28N/c1-11(2)14(6)9-7-12(8-10-14)13(3,4)5/h11-12H,7-10H2,1-6H3/q+1. The van der Waals surface area contributed by atoms with Crippen LogP contribution in [0.25, 0.3) is 0 Å². The predicted molar refractivity (Wildman–Crippen MR) is 63.2 cm³/mol. The van der Waals surface area contributed by atoms with Crippen LogP contribution in [-0.2, 0) is 0 Å². The van der Waals surface area contributed by atoms with E-state index < -0.39 is 0 Å². The van der Waals surface area contributed by atoms with Crippen molar-refractivity contribution in [2.75, 3.05) is 20.1 Å². The van der Waals surface area contributed by atoms with E-state index in [1.165, 1.54) is 30.4 Å². The second kappa shape index (κ2) is 3.84. The number of nitrogens with zero attached hydrogens (tertiary/aromatic N) is 1. The highest BCUT2D eigenvalue weighted by Gasteiger charge is 2.36. The minimum absolute atomic E-state index is 0.516. The summed E-state index contributed by atoms with van der Waals surface area (Å²) in [5, 5.41) is 0. The molecule has 1 aliphatic rings. The monoisotopic (exact) mass is 198 g/mol. The molecule has 0 aromatic carbocycles. The molecule has 0 N–H and O–H groups in total. The molecule has 0 saturated carbocycles. The Kier molecular flexibility index (Phi) is 3.30. The van der Waals surface area contributed by atoms with Crippen LogP contribution in [0.5, 0.6) is 0 Å². The largest absolute Gasteiger partial charge is 0.324 e. The molecular formula is C13H28N+. The Morgan fingerprint density at radius 1 is 1.07 bits per heavy atom. The van der Waals surface area contributed by atoms with Gasteiger partial charge in [0.15, 0.2) is 0 Å². The molecule has 1 nitrogen and oxygen atoms in total. The number of piperidine rings is 1. The van der Waals surface area contributed by atoms with Gasteiger partial charge >= 0.3 is 0 Å². The lowest BCUT2D eigenvalue weighted by Gasteiger charge is -2.46. The van der Waals surface area contributed by atoms with Crippen LogP contribution in [-0.4, -0.2) is 30.7 Å². The highest BCUT2D eigenvalue weighted by atomic mass is 15.4. The smallest absolute Gasteiger partial charge is 0.0831 e. The summed E-state index contributed by atoms with van der Waals surface area (Å²) in [6.07, 6.45) is 2.83. The first-order valence-corrected chi connectivity index (χ1v) is 6.10. The third-order valence-electron chi connectivity index (χ3n) is 4.45. The van der Waals surface area contributed by atoms with Gasteiger partial charge in [-0.05, 0) is 25.2 Å². The van der Waals surface area contributed by atoms with E-state index in [1.807, 2.05) is 0 Å². The molecule has 1 saturated heterocycles. The molecule has 0 aromatic heterocycles. The van der Waals surface area contributed by atoms with Crippen LogP contribution in [0.2, 0.25) is 0 Å². The fourth-order valence-electron chi connectivity index (χ4n) is 2.54. The van der Waals surface area contributed by atoms with Gasteiger partial charge in [-0.3, -0.25) is 0 Å². The van der Waals surface area contributed by atoms with Crippen molar-refractivity contribution in [1.29, 1.82) is 0 Å². The van der Waals surface area contributed by atoms with E-state index in [-0.39, 0.29) is 0 Å². The normalized spacial score (nSPS) is 34.9. The second-order valence-corrected chi connectivity index (χ2v) is 6.66. The molecule has 1 fully saturated rings. The summed E-state index contributed by atoms with van der Waals surface area (Å²) in [5.41, 5.74) is 0.516. The first kappa shape index (κ1) is 12.0. The zero-order valence-electron chi connectivity index (χ0n) is 10.9. The quantitative estimate of drug-likeness (QED) is 0.567. The number of hydrogen-bond donors (Lipinski definition) is 0. The Labute approximate surface area is 90.1 Å². The summed E-state index contributed by atoms with van der Waals surface area (Å²) in [6.45, 7) is 14.6. The molecule has 1 heteroatoms. The van der Waals surface area contributed by atoms with Crippen LogP contribution in [0.1, 0.15) is 47.5 Å². The highest BCUT2D eigenvalue weighted by molar-refractivity contribution is 4.76. The van der Waals surface area contributed by atoms with E-state index in [2.05, 4.69) is 41.7 Å². The molecule has 0 spiro atoms. The van der Waals surface area contributed by atoms with E-state index in [0.29, 0.717) is 5.41 Å². The Hall–Kier alpha value is -0.0400. The first-order valence-electron chi connectivity index (χ1n) is 6.10. The molecular weight excluding hydrogens is 170 g/mol. The van der Waals surface area contributed by atoms with Gasteiger partial charge in [-0.15, -0.1) is 0 Å². The molecule has 0 bridgehead atoms. The number of quaternary nitrogens is 1. The molecule has 0 amide bonds. The van der Waals surface area contributed by atoms with Crippen molar-refractivity contribution in [3.63, 3.8) is 0 Å². The van der Waals surface area contributed by atoms with Gasteiger partial charge < -0.3 is 4.48 Å². The van der Waals surface area contributed by atoms with E-state index in [9.17, 15) is 0 Å². The summed E-state index contributed by atoms with van der Waals surface area (Å²) < 4.78 is 1.28. The number of likely N-dealkylation sites (tertiary alicyclic amines) is 1. The van der Waals surface area contributed by atoms with Crippen LogP contribution < -0.4 is 0 Å². The zero-order valence-corrected chi connectivity index (χ0v) is 10.9. The molecule has 1 aliphatic heterocycles. The van der Waals surface area contributed by atoms with Crippen molar-refractivity contribution in [3.8, 4) is 0 Å². The lowest BCUT2D eigenvalue weighted by atomic mass is 9.74. The molecule has 0 radical (unpaired) electrons. The maximum atomic E-state index is 2.42. The van der Waals surface area contributed by atoms with Crippen molar-refractivity contribution < 1.29 is 4.48 Å². The maximum Gasteiger partial charge on any atom is 0.0831 e. The average Bonchev–Trinajstić information content (AvgIpc) is 2.03. The van der Waals surface area contributed by atoms with Crippen molar-refractivity contribution in [2.24, 2.45) is 11.3 Å². The van der Waals surface area contributed by atoms with Gasteiger partial charge in [0.1, 0.15) is 0 Å². The predicted octanol–water partition coefficient (Wildman–Crippen LogP) is 3.30. The Bertz CT molecular complexity index is 180. The van der Waals surface area contributed by atoms with E-state index in [4.69, 9.17) is 0 Å². The summed E-state index contributed by atoms with van der Waals surface area (Å²) >= 11 is 0. The average molecular weight is 198 g/mol. The van der Waals surface area contributed by atoms with E-state index in [0.717, 1.165) is 12.0 Å². The molecule has 84 valence electrons. The summed E-state index contributed by atoms with van der Waals surface area (Å²) in [6, 6.07) is 0.788. The van der Waals surface area contributed by atoms with E-state index >= 15 is 0 Å². The Morgan fingerprint density at radius 3 is 1.79 bits per heavy atom. The minimum Gasteiger partial charge on any atom is -0.324 e. The Morgan fingerprint density at radius 2 is 1.50 bits per heavy atom. The van der Waals surface area contributed by atoms with Gasteiger partial charge in [0.25, 0.3) is 0 Å². The van der Waals surface area contributed by atoms with Gasteiger partial charge in [-0.1, -0.05) is 20.8 Å². The fraction of sp³-hybridized carbons (Fsp3) is 1.00. The van der Waals surface area contributed by atoms with Crippen molar-refractivity contribution >= 4 is 0 Å². The molecule has 0 aromatic rings. The lowest BCUT2D eigenvalue weighted by Crippen LogP contribution is -2.55. The van der Waals surface area contributed by atoms with Crippen molar-refractivity contribution in [3.05, 3.63) is 0 Å². The van der Waals surface area contributed by atoms with Crippen molar-refractivity contribution in [1.82, 2.24) is 0 Å². The fourth-order valence-corrected chi connectivity index (χ4v) is 2.54. The zero-order chi connectivity index (χ0) is 11.0. The minimum atomic E-state index is 0.516. The number of hydrogen-bond acceptors (Lipinski definition) is 0. The van der Waals surface area contributed by atoms with Gasteiger partial charge in [0, 0.05) is 12.8 Å². The third-order valence-corrected chi connectivity index (χ3v) is 4.45.